The number of carbonyl (C=O) groups is 1. The molecule has 0 fully saturated rings. The molecule has 0 saturated heterocycles. The van der Waals surface area contributed by atoms with Crippen molar-refractivity contribution in [3.05, 3.63) is 70.0 Å². The Balaban J connectivity index is 1.66. The van der Waals surface area contributed by atoms with Crippen LogP contribution in [0.2, 0.25) is 0 Å². The van der Waals surface area contributed by atoms with Gasteiger partial charge in [-0.05, 0) is 29.5 Å². The summed E-state index contributed by atoms with van der Waals surface area (Å²) in [5, 5.41) is 9.89. The van der Waals surface area contributed by atoms with Crippen LogP contribution < -0.4 is 5.56 Å². The molecule has 4 aromatic rings. The number of rotatable bonds is 7. The molecule has 0 atom stereocenters. The largest absolute Gasteiger partial charge is 0.293 e. The maximum atomic E-state index is 13.0. The predicted octanol–water partition coefficient (Wildman–Crippen LogP) is 5.12. The molecule has 0 unspecified atom stereocenters. The summed E-state index contributed by atoms with van der Waals surface area (Å²) < 4.78 is 3.59. The second-order valence-electron chi connectivity index (χ2n) is 8.98. The van der Waals surface area contributed by atoms with Gasteiger partial charge in [0.05, 0.1) is 16.7 Å². The number of hydrogen-bond donors (Lipinski definition) is 0. The van der Waals surface area contributed by atoms with Crippen molar-refractivity contribution in [1.82, 2.24) is 19.2 Å². The van der Waals surface area contributed by atoms with Gasteiger partial charge < -0.3 is 0 Å². The lowest BCUT2D eigenvalue weighted by Crippen LogP contribution is -2.23. The molecule has 0 aliphatic heterocycles. The van der Waals surface area contributed by atoms with Gasteiger partial charge >= 0.3 is 0 Å². The van der Waals surface area contributed by atoms with Crippen molar-refractivity contribution in [2.75, 3.05) is 5.75 Å². The first-order valence-electron chi connectivity index (χ1n) is 10.9. The molecule has 2 aromatic heterocycles. The molecule has 32 heavy (non-hydrogen) atoms. The van der Waals surface area contributed by atoms with Crippen LogP contribution in [0.15, 0.2) is 58.5 Å². The van der Waals surface area contributed by atoms with E-state index < -0.39 is 0 Å². The van der Waals surface area contributed by atoms with Crippen LogP contribution in [-0.2, 0) is 12.0 Å². The minimum atomic E-state index is -0.0551. The number of carbonyl (C=O) groups excluding carboxylic acids is 1. The lowest BCUT2D eigenvalue weighted by molar-refractivity contribution is 0.102. The fourth-order valence-electron chi connectivity index (χ4n) is 3.71. The molecule has 0 radical (unpaired) electrons. The number of nitrogens with zero attached hydrogens (tertiary/aromatic N) is 4. The van der Waals surface area contributed by atoms with E-state index in [9.17, 15) is 9.59 Å². The Bertz CT molecular complexity index is 1330. The first-order chi connectivity index (χ1) is 15.3. The van der Waals surface area contributed by atoms with E-state index in [1.807, 2.05) is 52.9 Å². The SMILES string of the molecule is CCCCn1c(=O)c2ccccc2n2c(SCC(=O)c3ccc(C(C)(C)C)cc3)nnc12. The summed E-state index contributed by atoms with van der Waals surface area (Å²) >= 11 is 1.35. The number of fused-ring (bicyclic) bond motifs is 3. The molecule has 0 bridgehead atoms. The molecule has 4 rings (SSSR count). The number of hydrogen-bond acceptors (Lipinski definition) is 5. The Morgan fingerprint density at radius 3 is 2.44 bits per heavy atom. The molecule has 7 heteroatoms. The van der Waals surface area contributed by atoms with Crippen molar-refractivity contribution in [1.29, 1.82) is 0 Å². The van der Waals surface area contributed by atoms with E-state index >= 15 is 0 Å². The first kappa shape index (κ1) is 22.3. The van der Waals surface area contributed by atoms with Crippen LogP contribution in [0.4, 0.5) is 0 Å². The Labute approximate surface area is 191 Å². The van der Waals surface area contributed by atoms with Gasteiger partial charge in [0.15, 0.2) is 10.9 Å². The van der Waals surface area contributed by atoms with Gasteiger partial charge in [-0.25, -0.2) is 0 Å². The highest BCUT2D eigenvalue weighted by Crippen LogP contribution is 2.25. The third-order valence-electron chi connectivity index (χ3n) is 5.62. The van der Waals surface area contributed by atoms with E-state index in [0.717, 1.165) is 18.4 Å². The van der Waals surface area contributed by atoms with Gasteiger partial charge in [0.2, 0.25) is 5.78 Å². The molecule has 2 aromatic carbocycles. The average molecular weight is 449 g/mol. The molecule has 0 saturated carbocycles. The van der Waals surface area contributed by atoms with Gasteiger partial charge in [0, 0.05) is 12.1 Å². The van der Waals surface area contributed by atoms with E-state index in [1.165, 1.54) is 17.3 Å². The van der Waals surface area contributed by atoms with Crippen LogP contribution in [0.3, 0.4) is 0 Å². The maximum Gasteiger partial charge on any atom is 0.262 e. The minimum Gasteiger partial charge on any atom is -0.293 e. The minimum absolute atomic E-state index is 0.0378. The summed E-state index contributed by atoms with van der Waals surface area (Å²) in [6.07, 6.45) is 1.86. The lowest BCUT2D eigenvalue weighted by atomic mass is 9.86. The maximum absolute atomic E-state index is 13.0. The van der Waals surface area contributed by atoms with E-state index in [1.54, 1.807) is 4.57 Å². The summed E-state index contributed by atoms with van der Waals surface area (Å²) in [6, 6.07) is 15.3. The van der Waals surface area contributed by atoms with Crippen LogP contribution >= 0.6 is 11.8 Å². The van der Waals surface area contributed by atoms with E-state index in [-0.39, 0.29) is 22.5 Å². The number of para-hydroxylation sites is 1. The molecule has 2 heterocycles. The molecule has 0 aliphatic carbocycles. The molecule has 0 N–H and O–H groups in total. The number of benzene rings is 2. The van der Waals surface area contributed by atoms with Gasteiger partial charge in [0.25, 0.3) is 5.56 Å². The van der Waals surface area contributed by atoms with Crippen molar-refractivity contribution in [2.45, 2.75) is 57.7 Å². The van der Waals surface area contributed by atoms with Gasteiger partial charge in [-0.15, -0.1) is 10.2 Å². The topological polar surface area (TPSA) is 69.3 Å². The number of aromatic nitrogens is 4. The van der Waals surface area contributed by atoms with Crippen LogP contribution in [0.25, 0.3) is 16.7 Å². The summed E-state index contributed by atoms with van der Waals surface area (Å²) in [6.45, 7) is 9.14. The normalized spacial score (nSPS) is 12.0. The predicted molar refractivity (Wildman–Crippen MR) is 130 cm³/mol. The highest BCUT2D eigenvalue weighted by Gasteiger charge is 2.18. The van der Waals surface area contributed by atoms with E-state index in [4.69, 9.17) is 0 Å². The van der Waals surface area contributed by atoms with Gasteiger partial charge in [-0.3, -0.25) is 18.6 Å². The van der Waals surface area contributed by atoms with Gasteiger partial charge in [-0.1, -0.05) is 82.3 Å². The van der Waals surface area contributed by atoms with Crippen molar-refractivity contribution in [3.8, 4) is 0 Å². The first-order valence-corrected chi connectivity index (χ1v) is 11.9. The van der Waals surface area contributed by atoms with Crippen molar-refractivity contribution < 1.29 is 4.79 Å². The van der Waals surface area contributed by atoms with Crippen LogP contribution in [0, 0.1) is 0 Å². The Kier molecular flexibility index (Phi) is 6.20. The lowest BCUT2D eigenvalue weighted by Gasteiger charge is -2.18. The van der Waals surface area contributed by atoms with Gasteiger partial charge in [0.1, 0.15) is 0 Å². The second-order valence-corrected chi connectivity index (χ2v) is 9.93. The standard InChI is InChI=1S/C25H28N4O2S/c1-5-6-15-28-22(31)19-9-7-8-10-20(19)29-23(28)26-27-24(29)32-16-21(30)17-11-13-18(14-12-17)25(2,3)4/h7-14H,5-6,15-16H2,1-4H3. The quantitative estimate of drug-likeness (QED) is 0.290. The average Bonchev–Trinajstić information content (AvgIpc) is 3.21. The third-order valence-corrected chi connectivity index (χ3v) is 6.55. The van der Waals surface area contributed by atoms with Crippen LogP contribution in [-0.4, -0.2) is 30.7 Å². The highest BCUT2D eigenvalue weighted by molar-refractivity contribution is 7.99. The Morgan fingerprint density at radius 2 is 1.75 bits per heavy atom. The Hall–Kier alpha value is -2.93. The zero-order chi connectivity index (χ0) is 22.9. The molecule has 0 spiro atoms. The summed E-state index contributed by atoms with van der Waals surface area (Å²) in [7, 11) is 0. The van der Waals surface area contributed by atoms with E-state index in [0.29, 0.717) is 28.4 Å². The number of ketones is 1. The van der Waals surface area contributed by atoms with Crippen LogP contribution in [0.1, 0.15) is 56.5 Å². The molecule has 0 aliphatic rings. The number of aryl methyl sites for hydroxylation is 1. The molecule has 166 valence electrons. The van der Waals surface area contributed by atoms with Crippen LogP contribution in [0.5, 0.6) is 0 Å². The zero-order valence-electron chi connectivity index (χ0n) is 19.0. The number of unbranched alkanes of at least 4 members (excludes halogenated alkanes) is 1. The van der Waals surface area contributed by atoms with Crippen molar-refractivity contribution >= 4 is 34.2 Å². The fourth-order valence-corrected chi connectivity index (χ4v) is 4.55. The number of thioether (sulfide) groups is 1. The van der Waals surface area contributed by atoms with Crippen molar-refractivity contribution in [2.24, 2.45) is 0 Å². The van der Waals surface area contributed by atoms with Gasteiger partial charge in [-0.2, -0.15) is 0 Å². The summed E-state index contributed by atoms with van der Waals surface area (Å²) in [4.78, 5) is 25.9. The number of Topliss-reactive ketones (excluding diaryl/α,β-unsaturated/α-hetero) is 1. The smallest absolute Gasteiger partial charge is 0.262 e. The Morgan fingerprint density at radius 1 is 1.03 bits per heavy atom. The third kappa shape index (κ3) is 4.21. The molecule has 0 amide bonds. The highest BCUT2D eigenvalue weighted by atomic mass is 32.2. The molecule has 6 nitrogen and oxygen atoms in total. The molecular weight excluding hydrogens is 420 g/mol. The second kappa shape index (κ2) is 8.90. The summed E-state index contributed by atoms with van der Waals surface area (Å²) in [5.74, 6) is 0.806. The zero-order valence-corrected chi connectivity index (χ0v) is 19.8. The monoisotopic (exact) mass is 448 g/mol. The molecular formula is C25H28N4O2S. The fraction of sp³-hybridized carbons (Fsp3) is 0.360. The van der Waals surface area contributed by atoms with Crippen molar-refractivity contribution in [3.63, 3.8) is 0 Å². The van der Waals surface area contributed by atoms with E-state index in [2.05, 4.69) is 37.9 Å². The summed E-state index contributed by atoms with van der Waals surface area (Å²) in [5.41, 5.74) is 2.63.